The third kappa shape index (κ3) is 7.49. The number of hydrogen-bond acceptors (Lipinski definition) is 11. The van der Waals surface area contributed by atoms with Crippen LogP contribution in [0.4, 0.5) is 43.7 Å². The van der Waals surface area contributed by atoms with Gasteiger partial charge in [0.25, 0.3) is 0 Å². The van der Waals surface area contributed by atoms with Gasteiger partial charge in [-0.3, -0.25) is 9.13 Å². The summed E-state index contributed by atoms with van der Waals surface area (Å²) >= 11 is 0. The number of aryl methyl sites for hydroxylation is 3. The van der Waals surface area contributed by atoms with E-state index in [1.807, 2.05) is 69.3 Å². The monoisotopic (exact) mass is 712 g/mol. The number of imidazole rings is 2. The van der Waals surface area contributed by atoms with Crippen molar-refractivity contribution < 1.29 is 13.5 Å². The van der Waals surface area contributed by atoms with Gasteiger partial charge in [-0.15, -0.1) is 0 Å². The zero-order valence-corrected chi connectivity index (χ0v) is 29.1. The molecule has 0 fully saturated rings. The summed E-state index contributed by atoms with van der Waals surface area (Å²) in [6, 6.07) is 27.4. The number of nitrogens with one attached hydrogen (secondary N) is 2. The van der Waals surface area contributed by atoms with Crippen LogP contribution < -0.4 is 26.8 Å². The Balaban J connectivity index is 0.000000164. The second-order valence-corrected chi connectivity index (χ2v) is 12.1. The molecule has 8 aromatic rings. The molecule has 0 bridgehead atoms. The molecule has 266 valence electrons. The minimum Gasteiger partial charge on any atom is -0.497 e. The van der Waals surface area contributed by atoms with Gasteiger partial charge >= 0.3 is 0 Å². The van der Waals surface area contributed by atoms with Crippen LogP contribution in [-0.4, -0.2) is 46.1 Å². The number of ether oxygens (including phenoxy) is 1. The molecule has 15 heteroatoms. The topological polar surface area (TPSA) is 173 Å². The van der Waals surface area contributed by atoms with Crippen LogP contribution >= 0.6 is 0 Å². The minimum absolute atomic E-state index is 0.281. The maximum absolute atomic E-state index is 13.7. The molecule has 0 radical (unpaired) electrons. The van der Waals surface area contributed by atoms with E-state index in [1.165, 1.54) is 24.3 Å². The highest BCUT2D eigenvalue weighted by Crippen LogP contribution is 2.26. The van der Waals surface area contributed by atoms with E-state index in [0.717, 1.165) is 16.9 Å². The van der Waals surface area contributed by atoms with E-state index in [-0.39, 0.29) is 17.5 Å². The molecule has 0 aliphatic heterocycles. The molecule has 0 saturated carbocycles. The second kappa shape index (κ2) is 14.2. The van der Waals surface area contributed by atoms with Gasteiger partial charge in [-0.25, -0.2) is 18.7 Å². The Bertz CT molecular complexity index is 2620. The number of nitrogens with two attached hydrogens (primary N) is 2. The minimum atomic E-state index is -0.347. The van der Waals surface area contributed by atoms with Crippen molar-refractivity contribution >= 4 is 57.0 Å². The van der Waals surface area contributed by atoms with Gasteiger partial charge in [-0.05, 0) is 74.9 Å². The summed E-state index contributed by atoms with van der Waals surface area (Å²) in [4.78, 5) is 26.5. The van der Waals surface area contributed by atoms with Crippen LogP contribution in [0.3, 0.4) is 0 Å². The van der Waals surface area contributed by atoms with E-state index in [0.29, 0.717) is 68.8 Å². The summed E-state index contributed by atoms with van der Waals surface area (Å²) in [6.45, 7) is 5.67. The number of nitrogen functional groups attached to an aromatic ring is 2. The van der Waals surface area contributed by atoms with Crippen LogP contribution in [0, 0.1) is 32.4 Å². The molecule has 13 nitrogen and oxygen atoms in total. The second-order valence-electron chi connectivity index (χ2n) is 12.1. The molecule has 0 amide bonds. The Hall–Kier alpha value is -7.16. The number of aromatic nitrogens is 8. The van der Waals surface area contributed by atoms with E-state index < -0.39 is 0 Å². The number of methoxy groups -OCH3 is 1. The van der Waals surface area contributed by atoms with Crippen molar-refractivity contribution in [2.45, 2.75) is 20.8 Å². The Labute approximate surface area is 302 Å². The lowest BCUT2D eigenvalue weighted by Gasteiger charge is -2.11. The summed E-state index contributed by atoms with van der Waals surface area (Å²) < 4.78 is 36.2. The van der Waals surface area contributed by atoms with Gasteiger partial charge in [-0.2, -0.15) is 19.9 Å². The molecule has 0 saturated heterocycles. The fraction of sp³-hybridized carbons (Fsp3) is 0.105. The van der Waals surface area contributed by atoms with E-state index >= 15 is 0 Å². The number of nitrogens with zero attached hydrogens (tertiary/aromatic N) is 8. The molecule has 4 aromatic carbocycles. The fourth-order valence-electron chi connectivity index (χ4n) is 5.84. The average Bonchev–Trinajstić information content (AvgIpc) is 3.62. The third-order valence-corrected chi connectivity index (χ3v) is 8.09. The standard InChI is InChI=1S/C19H17FN6O.C19H17FN6/c1-11-22-15-7-6-12(20)8-16(15)26(11)18-10-17(21)24-19(25-18)23-13-4-3-5-14(9-13)27-2;1-11-4-3-5-14(8-11)23-19-24-17(21)10-18(25-19)26-12(2)22-15-7-6-13(20)9-16(15)26/h3-10H,1-2H3,(H3,21,23,24,25);3-10H,1-2H3,(H3,21,23,24,25). The first-order valence-corrected chi connectivity index (χ1v) is 16.4. The lowest BCUT2D eigenvalue weighted by Crippen LogP contribution is -2.07. The largest absolute Gasteiger partial charge is 0.497 e. The van der Waals surface area contributed by atoms with Crippen molar-refractivity contribution in [1.29, 1.82) is 0 Å². The van der Waals surface area contributed by atoms with Crippen molar-refractivity contribution in [1.82, 2.24) is 39.0 Å². The zero-order chi connectivity index (χ0) is 37.2. The van der Waals surface area contributed by atoms with Crippen LogP contribution in [0.1, 0.15) is 17.2 Å². The van der Waals surface area contributed by atoms with Crippen molar-refractivity contribution in [3.8, 4) is 17.4 Å². The maximum atomic E-state index is 13.7. The van der Waals surface area contributed by atoms with Gasteiger partial charge in [0.05, 0.1) is 29.2 Å². The molecule has 4 heterocycles. The lowest BCUT2D eigenvalue weighted by atomic mass is 10.2. The molecular weight excluding hydrogens is 678 g/mol. The molecule has 0 aliphatic rings. The van der Waals surface area contributed by atoms with Crippen molar-refractivity contribution in [2.24, 2.45) is 0 Å². The normalized spacial score (nSPS) is 11.0. The quantitative estimate of drug-likeness (QED) is 0.129. The molecule has 0 spiro atoms. The van der Waals surface area contributed by atoms with Gasteiger partial charge in [0.15, 0.2) is 0 Å². The predicted molar refractivity (Wildman–Crippen MR) is 202 cm³/mol. The van der Waals surface area contributed by atoms with E-state index in [2.05, 4.69) is 40.5 Å². The van der Waals surface area contributed by atoms with Crippen molar-refractivity contribution in [2.75, 3.05) is 29.2 Å². The van der Waals surface area contributed by atoms with Crippen LogP contribution in [0.25, 0.3) is 33.7 Å². The molecule has 53 heavy (non-hydrogen) atoms. The van der Waals surface area contributed by atoms with Crippen LogP contribution in [0.15, 0.2) is 97.1 Å². The molecule has 0 atom stereocenters. The molecule has 0 unspecified atom stereocenters. The van der Waals surface area contributed by atoms with Gasteiger partial charge in [0.1, 0.15) is 52.3 Å². The van der Waals surface area contributed by atoms with Gasteiger partial charge in [0.2, 0.25) is 11.9 Å². The third-order valence-electron chi connectivity index (χ3n) is 8.09. The van der Waals surface area contributed by atoms with Crippen LogP contribution in [0.5, 0.6) is 5.75 Å². The van der Waals surface area contributed by atoms with Crippen molar-refractivity contribution in [3.05, 3.63) is 126 Å². The van der Waals surface area contributed by atoms with Gasteiger partial charge in [0, 0.05) is 41.7 Å². The first kappa shape index (κ1) is 34.3. The Kier molecular flexibility index (Phi) is 9.20. The van der Waals surface area contributed by atoms with Crippen LogP contribution in [-0.2, 0) is 0 Å². The fourth-order valence-corrected chi connectivity index (χ4v) is 5.84. The number of rotatable bonds is 7. The molecule has 6 N–H and O–H groups in total. The first-order chi connectivity index (χ1) is 25.5. The summed E-state index contributed by atoms with van der Waals surface area (Å²) in [6.07, 6.45) is 0. The summed E-state index contributed by atoms with van der Waals surface area (Å²) in [5.74, 6) is 3.67. The van der Waals surface area contributed by atoms with Crippen molar-refractivity contribution in [3.63, 3.8) is 0 Å². The SMILES string of the molecule is COc1cccc(Nc2nc(N)cc(-n3c(C)nc4ccc(F)cc43)n2)c1.Cc1cccc(Nc2nc(N)cc(-n3c(C)nc4ccc(F)cc43)n2)c1. The molecule has 4 aromatic heterocycles. The Morgan fingerprint density at radius 3 is 1.55 bits per heavy atom. The molecule has 8 rings (SSSR count). The van der Waals surface area contributed by atoms with Gasteiger partial charge < -0.3 is 26.8 Å². The predicted octanol–water partition coefficient (Wildman–Crippen LogP) is 7.49. The highest BCUT2D eigenvalue weighted by Gasteiger charge is 2.15. The number of anilines is 6. The number of fused-ring (bicyclic) bond motifs is 2. The summed E-state index contributed by atoms with van der Waals surface area (Å²) in [5.41, 5.74) is 17.3. The molecular formula is C38H34F2N12O. The van der Waals surface area contributed by atoms with E-state index in [9.17, 15) is 8.78 Å². The van der Waals surface area contributed by atoms with Gasteiger partial charge in [-0.1, -0.05) is 18.2 Å². The Morgan fingerprint density at radius 1 is 0.566 bits per heavy atom. The zero-order valence-electron chi connectivity index (χ0n) is 29.1. The van der Waals surface area contributed by atoms with E-state index in [4.69, 9.17) is 16.2 Å². The molecule has 0 aliphatic carbocycles. The summed E-state index contributed by atoms with van der Waals surface area (Å²) in [7, 11) is 1.60. The van der Waals surface area contributed by atoms with Crippen LogP contribution in [0.2, 0.25) is 0 Å². The van der Waals surface area contributed by atoms with E-state index in [1.54, 1.807) is 40.5 Å². The highest BCUT2D eigenvalue weighted by atomic mass is 19.1. The maximum Gasteiger partial charge on any atom is 0.231 e. The number of hydrogen-bond donors (Lipinski definition) is 4. The number of benzene rings is 4. The average molecular weight is 713 g/mol. The number of halogens is 2. The smallest absolute Gasteiger partial charge is 0.231 e. The summed E-state index contributed by atoms with van der Waals surface area (Å²) in [5, 5.41) is 6.27. The highest BCUT2D eigenvalue weighted by molar-refractivity contribution is 5.79. The Morgan fingerprint density at radius 2 is 1.06 bits per heavy atom. The first-order valence-electron chi connectivity index (χ1n) is 16.4. The lowest BCUT2D eigenvalue weighted by molar-refractivity contribution is 0.415.